The molecule has 2 N–H and O–H groups in total. The molecule has 0 saturated heterocycles. The van der Waals surface area contributed by atoms with Crippen LogP contribution in [0, 0.1) is 0 Å². The van der Waals surface area contributed by atoms with Crippen molar-refractivity contribution in [2.24, 2.45) is 5.73 Å². The molecule has 1 rings (SSSR count). The summed E-state index contributed by atoms with van der Waals surface area (Å²) in [7, 11) is 0. The molecule has 0 unspecified atom stereocenters. The Morgan fingerprint density at radius 3 is 1.78 bits per heavy atom. The van der Waals surface area contributed by atoms with Crippen LogP contribution in [-0.2, 0) is 0 Å². The Balaban J connectivity index is 0. The topological polar surface area (TPSA) is 26.0 Å². The maximum Gasteiger partial charge on any atom is -0.00934 e. The minimum atomic E-state index is 0. The lowest BCUT2D eigenvalue weighted by Crippen LogP contribution is -1.87. The minimum absolute atomic E-state index is 0. The van der Waals surface area contributed by atoms with Crippen molar-refractivity contribution in [1.29, 1.82) is 0 Å². The summed E-state index contributed by atoms with van der Waals surface area (Å²) in [5.74, 6) is 0. The highest BCUT2D eigenvalue weighted by Gasteiger charge is 1.58. The van der Waals surface area contributed by atoms with Crippen LogP contribution in [0.5, 0.6) is 0 Å². The minimum Gasteiger partial charge on any atom is -0.331 e. The van der Waals surface area contributed by atoms with Crippen LogP contribution in [0.25, 0.3) is 0 Å². The molecule has 1 aromatic rings. The Morgan fingerprint density at radius 2 is 1.67 bits per heavy atom. The Kier molecular flexibility index (Phi) is 14.1. The van der Waals surface area contributed by atoms with Gasteiger partial charge in [-0.1, -0.05) is 19.1 Å². The van der Waals surface area contributed by atoms with Crippen LogP contribution < -0.4 is 5.73 Å². The van der Waals surface area contributed by atoms with Gasteiger partial charge in [-0.15, -0.1) is 12.4 Å². The summed E-state index contributed by atoms with van der Waals surface area (Å²) in [6.07, 6.45) is 0. The molecule has 3 heteroatoms. The van der Waals surface area contributed by atoms with Crippen molar-refractivity contribution in [2.75, 3.05) is 6.54 Å². The van der Waals surface area contributed by atoms with Crippen LogP contribution in [0.1, 0.15) is 6.92 Å². The summed E-state index contributed by atoms with van der Waals surface area (Å²) in [6.45, 7) is 2.65. The third-order valence-corrected chi connectivity index (χ3v) is 1.05. The maximum absolute atomic E-state index is 4.85. The van der Waals surface area contributed by atoms with Crippen molar-refractivity contribution in [1.82, 2.24) is 0 Å². The van der Waals surface area contributed by atoms with E-state index in [1.807, 2.05) is 29.8 Å². The fourth-order valence-corrected chi connectivity index (χ4v) is 0.680. The van der Waals surface area contributed by atoms with E-state index in [1.165, 1.54) is 0 Å². The smallest absolute Gasteiger partial charge is 0.00934 e. The molecule has 54 valence electrons. The van der Waals surface area contributed by atoms with Gasteiger partial charge in [-0.3, -0.25) is 0 Å². The summed E-state index contributed by atoms with van der Waals surface area (Å²) in [5, 5.41) is 4.08. The van der Waals surface area contributed by atoms with Gasteiger partial charge in [-0.25, -0.2) is 0 Å². The number of rotatable bonds is 0. The van der Waals surface area contributed by atoms with Crippen molar-refractivity contribution in [3.05, 3.63) is 22.9 Å². The van der Waals surface area contributed by atoms with Crippen LogP contribution in [-0.4, -0.2) is 6.54 Å². The third-order valence-electron chi connectivity index (χ3n) is 0.425. The van der Waals surface area contributed by atoms with Crippen molar-refractivity contribution in [3.63, 3.8) is 0 Å². The quantitative estimate of drug-likeness (QED) is 0.627. The van der Waals surface area contributed by atoms with E-state index >= 15 is 0 Å². The SMILES string of the molecule is CCN.Cl.c1ccsc1. The molecule has 0 fully saturated rings. The molecule has 0 amide bonds. The third kappa shape index (κ3) is 11.5. The standard InChI is InChI=1S/C4H4S.C2H7N.ClH/c1-2-4-5-3-1;1-2-3;/h1-4H;2-3H2,1H3;1H. The van der Waals surface area contributed by atoms with Crippen molar-refractivity contribution >= 4 is 23.7 Å². The van der Waals surface area contributed by atoms with E-state index in [-0.39, 0.29) is 12.4 Å². The molecule has 1 aromatic heterocycles. The molecule has 0 aliphatic carbocycles. The van der Waals surface area contributed by atoms with E-state index in [0.717, 1.165) is 6.54 Å². The van der Waals surface area contributed by atoms with E-state index in [0.29, 0.717) is 0 Å². The van der Waals surface area contributed by atoms with E-state index in [1.54, 1.807) is 11.3 Å². The average Bonchev–Trinajstić information content (AvgIpc) is 2.17. The van der Waals surface area contributed by atoms with E-state index in [4.69, 9.17) is 5.73 Å². The first-order valence-electron chi connectivity index (χ1n) is 2.59. The second-order valence-electron chi connectivity index (χ2n) is 1.20. The predicted molar refractivity (Wildman–Crippen MR) is 46.3 cm³/mol. The van der Waals surface area contributed by atoms with Crippen LogP contribution in [0.15, 0.2) is 22.9 Å². The molecule has 9 heavy (non-hydrogen) atoms. The molecular formula is C6H12ClNS. The monoisotopic (exact) mass is 165 g/mol. The van der Waals surface area contributed by atoms with Crippen LogP contribution >= 0.6 is 23.7 Å². The van der Waals surface area contributed by atoms with Crippen LogP contribution in [0.4, 0.5) is 0 Å². The lowest BCUT2D eigenvalue weighted by Gasteiger charge is -1.53. The number of nitrogens with two attached hydrogens (primary N) is 1. The Bertz CT molecular complexity index is 80.0. The second kappa shape index (κ2) is 10.8. The molecular weight excluding hydrogens is 154 g/mol. The largest absolute Gasteiger partial charge is 0.331 e. The zero-order chi connectivity index (χ0) is 6.24. The molecule has 0 atom stereocenters. The van der Waals surface area contributed by atoms with Gasteiger partial charge in [0, 0.05) is 0 Å². The highest BCUT2D eigenvalue weighted by molar-refractivity contribution is 7.07. The van der Waals surface area contributed by atoms with E-state index in [9.17, 15) is 0 Å². The molecule has 0 aliphatic rings. The Morgan fingerprint density at radius 1 is 1.33 bits per heavy atom. The zero-order valence-electron chi connectivity index (χ0n) is 5.41. The fraction of sp³-hybridized carbons (Fsp3) is 0.333. The van der Waals surface area contributed by atoms with Gasteiger partial charge in [-0.2, -0.15) is 11.3 Å². The van der Waals surface area contributed by atoms with Crippen molar-refractivity contribution in [3.8, 4) is 0 Å². The zero-order valence-corrected chi connectivity index (χ0v) is 7.04. The van der Waals surface area contributed by atoms with Gasteiger partial charge in [0.15, 0.2) is 0 Å². The second-order valence-corrected chi connectivity index (χ2v) is 2.02. The average molecular weight is 166 g/mol. The van der Waals surface area contributed by atoms with Gasteiger partial charge in [0.1, 0.15) is 0 Å². The first-order chi connectivity index (χ1) is 3.91. The van der Waals surface area contributed by atoms with Crippen LogP contribution in [0.2, 0.25) is 0 Å². The van der Waals surface area contributed by atoms with Gasteiger partial charge < -0.3 is 5.73 Å². The molecule has 0 bridgehead atoms. The first-order valence-corrected chi connectivity index (χ1v) is 3.53. The van der Waals surface area contributed by atoms with E-state index < -0.39 is 0 Å². The van der Waals surface area contributed by atoms with Crippen LogP contribution in [0.3, 0.4) is 0 Å². The maximum atomic E-state index is 4.85. The lowest BCUT2D eigenvalue weighted by atomic mass is 10.7. The predicted octanol–water partition coefficient (Wildman–Crippen LogP) is 2.13. The lowest BCUT2D eigenvalue weighted by molar-refractivity contribution is 1.14. The van der Waals surface area contributed by atoms with Gasteiger partial charge in [0.25, 0.3) is 0 Å². The Labute approximate surface area is 66.3 Å². The van der Waals surface area contributed by atoms with Gasteiger partial charge >= 0.3 is 0 Å². The molecule has 1 nitrogen and oxygen atoms in total. The number of hydrogen-bond acceptors (Lipinski definition) is 2. The van der Waals surface area contributed by atoms with Gasteiger partial charge in [-0.05, 0) is 17.3 Å². The molecule has 0 aliphatic heterocycles. The Hall–Kier alpha value is -0.0500. The van der Waals surface area contributed by atoms with E-state index in [2.05, 4.69) is 0 Å². The van der Waals surface area contributed by atoms with Gasteiger partial charge in [0.2, 0.25) is 0 Å². The molecule has 1 heterocycles. The summed E-state index contributed by atoms with van der Waals surface area (Å²) in [6, 6.07) is 4.04. The summed E-state index contributed by atoms with van der Waals surface area (Å²) in [4.78, 5) is 0. The highest BCUT2D eigenvalue weighted by Crippen LogP contribution is 1.91. The molecule has 0 saturated carbocycles. The normalized spacial score (nSPS) is 6.44. The number of thiophene rings is 1. The van der Waals surface area contributed by atoms with Crippen molar-refractivity contribution in [2.45, 2.75) is 6.92 Å². The van der Waals surface area contributed by atoms with Gasteiger partial charge in [0.05, 0.1) is 0 Å². The summed E-state index contributed by atoms with van der Waals surface area (Å²) < 4.78 is 0. The summed E-state index contributed by atoms with van der Waals surface area (Å²) >= 11 is 1.71. The first kappa shape index (κ1) is 11.7. The fourth-order valence-electron chi connectivity index (χ4n) is 0.227. The summed E-state index contributed by atoms with van der Waals surface area (Å²) in [5.41, 5.74) is 4.85. The molecule has 0 aromatic carbocycles. The number of hydrogen-bond donors (Lipinski definition) is 1. The highest BCUT2D eigenvalue weighted by atomic mass is 35.5. The molecule has 0 radical (unpaired) electrons. The molecule has 0 spiro atoms. The van der Waals surface area contributed by atoms with Crippen molar-refractivity contribution < 1.29 is 0 Å². The number of halogens is 1.